The summed E-state index contributed by atoms with van der Waals surface area (Å²) in [5, 5.41) is 2.61. The Balaban J connectivity index is 1.82. The maximum atomic E-state index is 6.01. The molecule has 0 atom stereocenters. The van der Waals surface area contributed by atoms with Gasteiger partial charge in [0.1, 0.15) is 0 Å². The Hall–Kier alpha value is 0.440. The van der Waals surface area contributed by atoms with Gasteiger partial charge in [-0.15, -0.1) is 0 Å². The summed E-state index contributed by atoms with van der Waals surface area (Å²) in [5.41, 5.74) is 2.82. The van der Waals surface area contributed by atoms with Crippen molar-refractivity contribution in [1.29, 1.82) is 0 Å². The van der Waals surface area contributed by atoms with Gasteiger partial charge in [0.05, 0.1) is 8.88 Å². The largest absolute Gasteiger partial charge is 0.0965 e. The predicted octanol–water partition coefficient (Wildman–Crippen LogP) is 6.34. The average Bonchev–Trinajstić information content (AvgIpc) is 2.45. The first kappa shape index (κ1) is 18.2. The Morgan fingerprint density at radius 2 is 1.13 bits per heavy atom. The van der Waals surface area contributed by atoms with Gasteiger partial charge in [0.25, 0.3) is 0 Å². The van der Waals surface area contributed by atoms with E-state index in [0.717, 1.165) is 0 Å². The van der Waals surface area contributed by atoms with Crippen molar-refractivity contribution in [3.63, 3.8) is 0 Å². The van der Waals surface area contributed by atoms with E-state index < -0.39 is 8.88 Å². The van der Waals surface area contributed by atoms with Crippen LogP contribution in [0.1, 0.15) is 31.9 Å². The highest BCUT2D eigenvalue weighted by molar-refractivity contribution is 9.48. The highest BCUT2D eigenvalue weighted by atomic mass is 33.7. The van der Waals surface area contributed by atoms with Gasteiger partial charge in [-0.25, -0.2) is 0 Å². The predicted molar refractivity (Wildman–Crippen MR) is 119 cm³/mol. The normalized spacial score (nSPS) is 27.5. The van der Waals surface area contributed by atoms with Gasteiger partial charge in [-0.3, -0.25) is 0 Å². The molecule has 0 nitrogen and oxygen atoms in total. The first-order valence-corrected chi connectivity index (χ1v) is 17.1. The number of hydrogen-bond donors (Lipinski definition) is 0. The monoisotopic (exact) mass is 414 g/mol. The van der Waals surface area contributed by atoms with Crippen LogP contribution in [0.3, 0.4) is 0 Å². The van der Waals surface area contributed by atoms with E-state index in [-0.39, 0.29) is 5.41 Å². The van der Waals surface area contributed by atoms with E-state index in [4.69, 9.17) is 23.6 Å². The molecule has 6 heteroatoms. The summed E-state index contributed by atoms with van der Waals surface area (Å²) in [4.78, 5) is 0. The molecule has 0 N–H and O–H groups in total. The minimum atomic E-state index is -1.60. The maximum Gasteiger partial charge on any atom is 0.0965 e. The van der Waals surface area contributed by atoms with Crippen molar-refractivity contribution in [1.82, 2.24) is 0 Å². The van der Waals surface area contributed by atoms with Crippen molar-refractivity contribution < 1.29 is 0 Å². The molecular weight excluding hydrogens is 394 g/mol. The summed E-state index contributed by atoms with van der Waals surface area (Å²) < 4.78 is -3.19. The lowest BCUT2D eigenvalue weighted by atomic mass is 9.87. The standard InChI is InChI=1S/C17H20P2S4/c1-13-5-9-15(10-6-13)18(20)22-19(21,23-18)16-11-7-14(8-12-16)17(2,3)4/h5-12H,1-4H3. The molecule has 122 valence electrons. The van der Waals surface area contributed by atoms with Gasteiger partial charge in [-0.1, -0.05) is 120 Å². The van der Waals surface area contributed by atoms with Crippen LogP contribution in [0.2, 0.25) is 0 Å². The summed E-state index contributed by atoms with van der Waals surface area (Å²) in [5.74, 6) is 0. The Morgan fingerprint density at radius 3 is 1.52 bits per heavy atom. The topological polar surface area (TPSA) is 0 Å². The summed E-state index contributed by atoms with van der Waals surface area (Å²) in [7, 11) is 0. The van der Waals surface area contributed by atoms with Gasteiger partial charge in [0.2, 0.25) is 0 Å². The summed E-state index contributed by atoms with van der Waals surface area (Å²) in [6.07, 6.45) is 0. The second-order valence-electron chi connectivity index (χ2n) is 6.79. The van der Waals surface area contributed by atoms with Gasteiger partial charge >= 0.3 is 0 Å². The molecule has 1 aliphatic heterocycles. The molecule has 2 aromatic carbocycles. The van der Waals surface area contributed by atoms with E-state index >= 15 is 0 Å². The molecule has 23 heavy (non-hydrogen) atoms. The molecule has 0 amide bonds. The molecule has 0 radical (unpaired) electrons. The van der Waals surface area contributed by atoms with Gasteiger partial charge in [0.15, 0.2) is 0 Å². The lowest BCUT2D eigenvalue weighted by Crippen LogP contribution is -2.13. The van der Waals surface area contributed by atoms with E-state index in [9.17, 15) is 0 Å². The van der Waals surface area contributed by atoms with E-state index in [1.807, 2.05) is 22.0 Å². The number of rotatable bonds is 2. The molecule has 2 aromatic rings. The van der Waals surface area contributed by atoms with E-state index in [1.54, 1.807) is 0 Å². The number of aryl methyl sites for hydroxylation is 1. The highest BCUT2D eigenvalue weighted by Crippen LogP contribution is 3.04. The molecule has 0 aromatic heterocycles. The first-order valence-electron chi connectivity index (χ1n) is 7.44. The van der Waals surface area contributed by atoms with Crippen molar-refractivity contribution >= 4 is 65.1 Å². The zero-order valence-electron chi connectivity index (χ0n) is 13.6. The fourth-order valence-electron chi connectivity index (χ4n) is 2.35. The zero-order chi connectivity index (χ0) is 16.9. The van der Waals surface area contributed by atoms with Crippen molar-refractivity contribution in [3.8, 4) is 0 Å². The van der Waals surface area contributed by atoms with E-state index in [2.05, 4.69) is 76.2 Å². The molecule has 1 fully saturated rings. The minimum absolute atomic E-state index is 0.183. The van der Waals surface area contributed by atoms with Crippen LogP contribution in [0.5, 0.6) is 0 Å². The molecule has 3 rings (SSSR count). The van der Waals surface area contributed by atoms with Crippen LogP contribution < -0.4 is 10.6 Å². The minimum Gasteiger partial charge on any atom is -0.0685 e. The molecule has 1 heterocycles. The van der Waals surface area contributed by atoms with Crippen LogP contribution in [0.15, 0.2) is 48.5 Å². The molecule has 0 unspecified atom stereocenters. The third-order valence-corrected chi connectivity index (χ3v) is 35.1. The lowest BCUT2D eigenvalue weighted by Gasteiger charge is -2.40. The summed E-state index contributed by atoms with van der Waals surface area (Å²) in [6, 6.07) is 17.6. The van der Waals surface area contributed by atoms with Gasteiger partial charge in [0, 0.05) is 10.6 Å². The quantitative estimate of drug-likeness (QED) is 0.526. The van der Waals surface area contributed by atoms with Crippen LogP contribution in [0, 0.1) is 6.92 Å². The molecular formula is C17H20P2S4. The lowest BCUT2D eigenvalue weighted by molar-refractivity contribution is 0.590. The second kappa shape index (κ2) is 6.31. The van der Waals surface area contributed by atoms with Crippen molar-refractivity contribution in [2.24, 2.45) is 0 Å². The van der Waals surface area contributed by atoms with Crippen molar-refractivity contribution in [2.75, 3.05) is 0 Å². The van der Waals surface area contributed by atoms with Crippen LogP contribution in [-0.4, -0.2) is 0 Å². The maximum absolute atomic E-state index is 6.01. The fraction of sp³-hybridized carbons (Fsp3) is 0.294. The van der Waals surface area contributed by atoms with Crippen molar-refractivity contribution in [2.45, 2.75) is 33.1 Å². The SMILES string of the molecule is Cc1ccc(P2(=S)SP(=S)(c3ccc(C(C)(C)C)cc3)S2)cc1. The van der Waals surface area contributed by atoms with Crippen LogP contribution in [-0.2, 0) is 29.0 Å². The van der Waals surface area contributed by atoms with E-state index in [1.165, 1.54) is 21.7 Å². The van der Waals surface area contributed by atoms with Gasteiger partial charge in [-0.2, -0.15) is 0 Å². The van der Waals surface area contributed by atoms with Gasteiger partial charge < -0.3 is 0 Å². The fourth-order valence-corrected chi connectivity index (χ4v) is 44.6. The smallest absolute Gasteiger partial charge is 0.0685 e. The average molecular weight is 415 g/mol. The molecule has 0 spiro atoms. The molecule has 1 aliphatic rings. The Kier molecular flexibility index (Phi) is 5.00. The second-order valence-corrected chi connectivity index (χ2v) is 28.1. The molecule has 0 bridgehead atoms. The van der Waals surface area contributed by atoms with Crippen LogP contribution in [0.25, 0.3) is 0 Å². The molecule has 0 saturated carbocycles. The number of hydrogen-bond acceptors (Lipinski definition) is 4. The summed E-state index contributed by atoms with van der Waals surface area (Å²) >= 11 is 15.8. The van der Waals surface area contributed by atoms with E-state index in [0.29, 0.717) is 0 Å². The molecule has 1 saturated heterocycles. The number of benzene rings is 2. The van der Waals surface area contributed by atoms with Crippen molar-refractivity contribution in [3.05, 3.63) is 59.7 Å². The summed E-state index contributed by atoms with van der Waals surface area (Å²) in [6.45, 7) is 8.83. The zero-order valence-corrected chi connectivity index (χ0v) is 18.7. The third-order valence-electron chi connectivity index (χ3n) is 3.83. The Labute approximate surface area is 157 Å². The molecule has 0 aliphatic carbocycles. The first-order chi connectivity index (χ1) is 10.6. The third kappa shape index (κ3) is 3.68. The van der Waals surface area contributed by atoms with Gasteiger partial charge in [-0.05, 0) is 17.9 Å². The van der Waals surface area contributed by atoms with Crippen LogP contribution >= 0.6 is 30.9 Å². The Morgan fingerprint density at radius 1 is 0.739 bits per heavy atom. The Bertz CT molecular complexity index is 803. The highest BCUT2D eigenvalue weighted by Gasteiger charge is 2.45. The van der Waals surface area contributed by atoms with Crippen LogP contribution in [0.4, 0.5) is 0 Å².